The van der Waals surface area contributed by atoms with Gasteiger partial charge in [0.05, 0.1) is 13.2 Å². The van der Waals surface area contributed by atoms with Gasteiger partial charge in [-0.05, 0) is 80.8 Å². The maximum atomic E-state index is 12.3. The fourth-order valence-corrected chi connectivity index (χ4v) is 12.0. The van der Waals surface area contributed by atoms with Gasteiger partial charge in [0.2, 0.25) is 12.1 Å². The van der Waals surface area contributed by atoms with Gasteiger partial charge in [-0.15, -0.1) is 0 Å². The minimum absolute atomic E-state index is 0.0398. The zero-order chi connectivity index (χ0) is 40.2. The van der Waals surface area contributed by atoms with Crippen LogP contribution < -0.4 is 9.47 Å². The highest BCUT2D eigenvalue weighted by Gasteiger charge is 2.33. The summed E-state index contributed by atoms with van der Waals surface area (Å²) in [5.41, 5.74) is 5.75. The predicted octanol–water partition coefficient (Wildman–Crippen LogP) is 9.40. The molecule has 0 aliphatic carbocycles. The van der Waals surface area contributed by atoms with Crippen molar-refractivity contribution >= 4 is 59.0 Å². The first-order chi connectivity index (χ1) is 26.2. The summed E-state index contributed by atoms with van der Waals surface area (Å²) in [6.07, 6.45) is 2.67. The van der Waals surface area contributed by atoms with Crippen LogP contribution in [0.4, 0.5) is 0 Å². The molecule has 0 amide bonds. The number of rotatable bonds is 20. The number of hydrogen-bond acceptors (Lipinski definition) is 12. The van der Waals surface area contributed by atoms with Crippen LogP contribution in [0.5, 0.6) is 11.5 Å². The summed E-state index contributed by atoms with van der Waals surface area (Å²) in [6, 6.07) is 8.63. The van der Waals surface area contributed by atoms with Gasteiger partial charge in [-0.3, -0.25) is 0 Å². The Morgan fingerprint density at radius 3 is 1.78 bits per heavy atom. The van der Waals surface area contributed by atoms with E-state index in [1.165, 1.54) is 11.5 Å². The van der Waals surface area contributed by atoms with Crippen LogP contribution >= 0.6 is 47.0 Å². The van der Waals surface area contributed by atoms with Gasteiger partial charge in [-0.2, -0.15) is 47.0 Å². The number of benzene rings is 2. The van der Waals surface area contributed by atoms with Crippen LogP contribution in [0.1, 0.15) is 73.9 Å². The summed E-state index contributed by atoms with van der Waals surface area (Å²) < 4.78 is 36.6. The maximum Gasteiger partial charge on any atom is 0.332 e. The average molecular weight is 833 g/mol. The Hall–Kier alpha value is -2.22. The Morgan fingerprint density at radius 1 is 0.782 bits per heavy atom. The van der Waals surface area contributed by atoms with Crippen LogP contribution in [0, 0.1) is 27.7 Å². The van der Waals surface area contributed by atoms with Crippen LogP contribution in [-0.2, 0) is 34.0 Å². The molecule has 0 radical (unpaired) electrons. The van der Waals surface area contributed by atoms with Gasteiger partial charge >= 0.3 is 11.9 Å². The van der Waals surface area contributed by atoms with Crippen molar-refractivity contribution in [3.05, 3.63) is 83.0 Å². The van der Waals surface area contributed by atoms with E-state index in [0.29, 0.717) is 29.5 Å². The summed E-state index contributed by atoms with van der Waals surface area (Å²) in [5.74, 6) is 6.02. The van der Waals surface area contributed by atoms with Crippen LogP contribution in [0.25, 0.3) is 0 Å². The average Bonchev–Trinajstić information content (AvgIpc) is 3.15. The lowest BCUT2D eigenvalue weighted by molar-refractivity contribution is -0.230. The van der Waals surface area contributed by atoms with E-state index in [4.69, 9.17) is 28.4 Å². The van der Waals surface area contributed by atoms with Gasteiger partial charge in [0, 0.05) is 69.5 Å². The minimum atomic E-state index is -1.27. The maximum absolute atomic E-state index is 12.3. The molecule has 8 nitrogen and oxygen atoms in total. The predicted molar refractivity (Wildman–Crippen MR) is 233 cm³/mol. The van der Waals surface area contributed by atoms with Gasteiger partial charge in [0.15, 0.2) is 12.7 Å². The largest absolute Gasteiger partial charge is 0.486 e. The molecule has 0 N–H and O–H groups in total. The van der Waals surface area contributed by atoms with Gasteiger partial charge in [0.1, 0.15) is 11.5 Å². The molecule has 2 aromatic rings. The highest BCUT2D eigenvalue weighted by atomic mass is 32.2. The summed E-state index contributed by atoms with van der Waals surface area (Å²) in [6.45, 7) is 24.2. The van der Waals surface area contributed by atoms with Crippen molar-refractivity contribution in [1.82, 2.24) is 0 Å². The molecule has 12 heteroatoms. The van der Waals surface area contributed by atoms with E-state index >= 15 is 0 Å². The van der Waals surface area contributed by atoms with Gasteiger partial charge in [-0.25, -0.2) is 9.59 Å². The molecular weight excluding hydrogens is 773 g/mol. The second kappa shape index (κ2) is 21.5. The first-order valence-electron chi connectivity index (χ1n) is 19.0. The number of hydrogen-bond donors (Lipinski definition) is 0. The van der Waals surface area contributed by atoms with Crippen LogP contribution in [0.2, 0.25) is 0 Å². The molecule has 0 saturated carbocycles. The number of thioether (sulfide) groups is 4. The Balaban J connectivity index is 1.49. The molecular formula is C43H60O8S4. The van der Waals surface area contributed by atoms with E-state index in [-0.39, 0.29) is 12.0 Å². The molecule has 2 aliphatic rings. The van der Waals surface area contributed by atoms with E-state index in [0.717, 1.165) is 87.1 Å². The molecule has 5 atom stereocenters. The third kappa shape index (κ3) is 13.4. The molecule has 2 fully saturated rings. The summed E-state index contributed by atoms with van der Waals surface area (Å²) >= 11 is 7.92. The molecule has 55 heavy (non-hydrogen) atoms. The molecule has 2 aromatic carbocycles. The topological polar surface area (TPSA) is 89.5 Å². The number of esters is 2. The Kier molecular flexibility index (Phi) is 17.8. The van der Waals surface area contributed by atoms with Crippen molar-refractivity contribution in [3.63, 3.8) is 0 Å². The van der Waals surface area contributed by atoms with Gasteiger partial charge in [0.25, 0.3) is 0 Å². The zero-order valence-corrected chi connectivity index (χ0v) is 37.1. The Labute approximate surface area is 346 Å². The molecule has 4 rings (SSSR count). The van der Waals surface area contributed by atoms with Crippen molar-refractivity contribution in [2.75, 3.05) is 54.3 Å². The van der Waals surface area contributed by atoms with Crippen molar-refractivity contribution in [2.45, 2.75) is 102 Å². The molecule has 304 valence electrons. The highest BCUT2D eigenvalue weighted by Crippen LogP contribution is 2.39. The number of carbonyl (C=O) groups excluding carboxylic acids is 2. The highest BCUT2D eigenvalue weighted by molar-refractivity contribution is 8.07. The van der Waals surface area contributed by atoms with Crippen molar-refractivity contribution in [3.8, 4) is 11.5 Å². The van der Waals surface area contributed by atoms with Crippen LogP contribution in [0.15, 0.2) is 49.6 Å². The third-order valence-corrected chi connectivity index (χ3v) is 15.6. The second-order valence-corrected chi connectivity index (χ2v) is 19.9. The SMILES string of the molecule is C=CC(=O)OC(C)C(OCCC1CSCCS1)Oc1c(C)cc(C(C)(C)c2cc(C)c(OCC(C)(OCCC3CSCCS3)OC(=O)C=C)c(C)c2)cc1C. The van der Waals surface area contributed by atoms with E-state index in [1.807, 2.05) is 74.7 Å². The standard InChI is InChI=1S/C43H60O8S4/c1-11-37(44)49-32(7)41(46-15-13-35-25-52-17-19-54-35)50-40-30(5)23-34(24-31(40)6)42(8,9)33-21-28(3)39(29(4)22-33)47-27-43(10,51-38(45)12-2)48-16-14-36-26-53-18-20-55-36/h11-12,21-24,32,35-36,41H,1-2,13-20,25-27H2,3-10H3. The molecule has 2 aliphatic heterocycles. The van der Waals surface area contributed by atoms with E-state index in [1.54, 1.807) is 13.8 Å². The normalized spacial score (nSPS) is 19.7. The van der Waals surface area contributed by atoms with Crippen molar-refractivity contribution < 1.29 is 38.0 Å². The first kappa shape index (κ1) is 45.5. The molecule has 2 heterocycles. The molecule has 0 bridgehead atoms. The zero-order valence-electron chi connectivity index (χ0n) is 33.9. The Bertz CT molecular complexity index is 1570. The lowest BCUT2D eigenvalue weighted by atomic mass is 9.76. The third-order valence-electron chi connectivity index (χ3n) is 9.75. The number of aryl methyl sites for hydroxylation is 4. The minimum Gasteiger partial charge on any atom is -0.486 e. The monoisotopic (exact) mass is 832 g/mol. The summed E-state index contributed by atoms with van der Waals surface area (Å²) in [5, 5.41) is 1.07. The molecule has 2 saturated heterocycles. The second-order valence-electron chi connectivity index (χ2n) is 14.8. The smallest absolute Gasteiger partial charge is 0.332 e. The first-order valence-corrected chi connectivity index (χ1v) is 23.4. The van der Waals surface area contributed by atoms with Gasteiger partial charge in [-0.1, -0.05) is 51.3 Å². The number of ether oxygens (including phenoxy) is 6. The molecule has 5 unspecified atom stereocenters. The summed E-state index contributed by atoms with van der Waals surface area (Å²) in [7, 11) is 0. The van der Waals surface area contributed by atoms with Gasteiger partial charge < -0.3 is 28.4 Å². The summed E-state index contributed by atoms with van der Waals surface area (Å²) in [4.78, 5) is 24.4. The van der Waals surface area contributed by atoms with Crippen molar-refractivity contribution in [1.29, 1.82) is 0 Å². The molecule has 0 spiro atoms. The van der Waals surface area contributed by atoms with E-state index in [2.05, 4.69) is 51.3 Å². The fraction of sp³-hybridized carbons (Fsp3) is 0.581. The van der Waals surface area contributed by atoms with E-state index < -0.39 is 30.1 Å². The van der Waals surface area contributed by atoms with Crippen LogP contribution in [-0.4, -0.2) is 95.0 Å². The lowest BCUT2D eigenvalue weighted by Gasteiger charge is -2.32. The Morgan fingerprint density at radius 2 is 1.29 bits per heavy atom. The quantitative estimate of drug-likeness (QED) is 0.0724. The lowest BCUT2D eigenvalue weighted by Crippen LogP contribution is -2.41. The van der Waals surface area contributed by atoms with Crippen LogP contribution in [0.3, 0.4) is 0 Å². The number of carbonyl (C=O) groups is 2. The molecule has 0 aromatic heterocycles. The fourth-order valence-electron chi connectivity index (χ4n) is 6.56. The van der Waals surface area contributed by atoms with Crippen molar-refractivity contribution in [2.24, 2.45) is 0 Å². The van der Waals surface area contributed by atoms with E-state index in [9.17, 15) is 9.59 Å².